The van der Waals surface area contributed by atoms with Gasteiger partial charge in [0.2, 0.25) is 5.91 Å². The summed E-state index contributed by atoms with van der Waals surface area (Å²) in [7, 11) is 0. The lowest BCUT2D eigenvalue weighted by atomic mass is 10.1. The molecule has 1 aromatic heterocycles. The van der Waals surface area contributed by atoms with Crippen molar-refractivity contribution in [2.45, 2.75) is 26.8 Å². The highest BCUT2D eigenvalue weighted by Crippen LogP contribution is 2.30. The predicted octanol–water partition coefficient (Wildman–Crippen LogP) is 2.56. The fraction of sp³-hybridized carbons (Fsp3) is 0.316. The van der Waals surface area contributed by atoms with Crippen LogP contribution in [0.3, 0.4) is 0 Å². The number of pyridine rings is 1. The molecule has 0 fully saturated rings. The smallest absolute Gasteiger partial charge is 0.253 e. The summed E-state index contributed by atoms with van der Waals surface area (Å²) in [6.45, 7) is 5.03. The number of aromatic nitrogens is 1. The number of nitrogens with zero attached hydrogens (tertiary/aromatic N) is 2. The summed E-state index contributed by atoms with van der Waals surface area (Å²) < 4.78 is 0. The highest BCUT2D eigenvalue weighted by Gasteiger charge is 2.26. The number of nitrogens with one attached hydrogen (secondary N) is 1. The molecule has 0 spiro atoms. The zero-order valence-corrected chi connectivity index (χ0v) is 14.0. The second-order valence-corrected chi connectivity index (χ2v) is 6.28. The Morgan fingerprint density at radius 2 is 2.12 bits per heavy atom. The van der Waals surface area contributed by atoms with Gasteiger partial charge in [-0.15, -0.1) is 0 Å². The van der Waals surface area contributed by atoms with Crippen LogP contribution in [-0.4, -0.2) is 23.3 Å². The van der Waals surface area contributed by atoms with E-state index in [0.29, 0.717) is 12.1 Å². The lowest BCUT2D eigenvalue weighted by Crippen LogP contribution is -2.32. The van der Waals surface area contributed by atoms with E-state index in [1.807, 2.05) is 30.9 Å². The average molecular weight is 323 g/mol. The highest BCUT2D eigenvalue weighted by molar-refractivity contribution is 5.96. The maximum Gasteiger partial charge on any atom is 0.253 e. The van der Waals surface area contributed by atoms with Crippen LogP contribution in [0.2, 0.25) is 0 Å². The van der Waals surface area contributed by atoms with E-state index in [4.69, 9.17) is 0 Å². The van der Waals surface area contributed by atoms with Gasteiger partial charge in [-0.3, -0.25) is 14.6 Å². The molecule has 0 saturated heterocycles. The molecule has 1 aromatic carbocycles. The third-order valence-corrected chi connectivity index (χ3v) is 4.18. The van der Waals surface area contributed by atoms with Crippen molar-refractivity contribution in [1.29, 1.82) is 0 Å². The van der Waals surface area contributed by atoms with Gasteiger partial charge in [-0.1, -0.05) is 26.0 Å². The first-order chi connectivity index (χ1) is 11.6. The first-order valence-corrected chi connectivity index (χ1v) is 8.17. The van der Waals surface area contributed by atoms with Crippen LogP contribution in [0.25, 0.3) is 0 Å². The number of amides is 2. The molecule has 5 heteroatoms. The minimum absolute atomic E-state index is 0.00519. The SMILES string of the molecule is CC(C)C(=O)N1CCc2cc(CNC(=O)c3cccnc3)ccc21. The van der Waals surface area contributed by atoms with E-state index in [9.17, 15) is 9.59 Å². The molecule has 0 saturated carbocycles. The van der Waals surface area contributed by atoms with Crippen molar-refractivity contribution in [3.05, 3.63) is 59.4 Å². The van der Waals surface area contributed by atoms with Crippen LogP contribution in [0.15, 0.2) is 42.7 Å². The molecule has 124 valence electrons. The van der Waals surface area contributed by atoms with E-state index in [-0.39, 0.29) is 17.7 Å². The van der Waals surface area contributed by atoms with Crippen molar-refractivity contribution >= 4 is 17.5 Å². The molecular weight excluding hydrogens is 302 g/mol. The van der Waals surface area contributed by atoms with E-state index in [0.717, 1.165) is 29.8 Å². The third kappa shape index (κ3) is 3.30. The van der Waals surface area contributed by atoms with Gasteiger partial charge in [0.15, 0.2) is 0 Å². The maximum absolute atomic E-state index is 12.2. The predicted molar refractivity (Wildman–Crippen MR) is 92.7 cm³/mol. The van der Waals surface area contributed by atoms with Crippen molar-refractivity contribution in [2.24, 2.45) is 5.92 Å². The van der Waals surface area contributed by atoms with E-state index >= 15 is 0 Å². The zero-order chi connectivity index (χ0) is 17.1. The number of carbonyl (C=O) groups excluding carboxylic acids is 2. The van der Waals surface area contributed by atoms with Gasteiger partial charge in [-0.25, -0.2) is 0 Å². The van der Waals surface area contributed by atoms with Gasteiger partial charge in [-0.2, -0.15) is 0 Å². The van der Waals surface area contributed by atoms with Crippen molar-refractivity contribution in [1.82, 2.24) is 10.3 Å². The summed E-state index contributed by atoms with van der Waals surface area (Å²) >= 11 is 0. The number of hydrogen-bond donors (Lipinski definition) is 1. The van der Waals surface area contributed by atoms with Gasteiger partial charge in [0.05, 0.1) is 5.56 Å². The average Bonchev–Trinajstić information content (AvgIpc) is 3.02. The van der Waals surface area contributed by atoms with E-state index in [1.165, 1.54) is 0 Å². The standard InChI is InChI=1S/C19H21N3O2/c1-13(2)19(24)22-9-7-15-10-14(5-6-17(15)22)11-21-18(23)16-4-3-8-20-12-16/h3-6,8,10,12-13H,7,9,11H2,1-2H3,(H,21,23). The largest absolute Gasteiger partial charge is 0.348 e. The fourth-order valence-corrected chi connectivity index (χ4v) is 2.89. The fourth-order valence-electron chi connectivity index (χ4n) is 2.89. The molecule has 5 nitrogen and oxygen atoms in total. The van der Waals surface area contributed by atoms with E-state index in [2.05, 4.69) is 16.4 Å². The quantitative estimate of drug-likeness (QED) is 0.940. The number of rotatable bonds is 4. The topological polar surface area (TPSA) is 62.3 Å². The summed E-state index contributed by atoms with van der Waals surface area (Å²) in [5.74, 6) is 0.0148. The number of benzene rings is 1. The third-order valence-electron chi connectivity index (χ3n) is 4.18. The first kappa shape index (κ1) is 16.2. The van der Waals surface area contributed by atoms with Crippen LogP contribution < -0.4 is 10.2 Å². The van der Waals surface area contributed by atoms with Crippen molar-refractivity contribution in [2.75, 3.05) is 11.4 Å². The lowest BCUT2D eigenvalue weighted by Gasteiger charge is -2.19. The molecule has 0 unspecified atom stereocenters. The molecule has 3 rings (SSSR count). The van der Waals surface area contributed by atoms with Gasteiger partial charge in [0.25, 0.3) is 5.91 Å². The number of fused-ring (bicyclic) bond motifs is 1. The Hall–Kier alpha value is -2.69. The van der Waals surface area contributed by atoms with Crippen molar-refractivity contribution < 1.29 is 9.59 Å². The molecule has 2 amide bonds. The summed E-state index contributed by atoms with van der Waals surface area (Å²) in [6, 6.07) is 9.50. The molecule has 24 heavy (non-hydrogen) atoms. The van der Waals surface area contributed by atoms with Crippen LogP contribution in [0.5, 0.6) is 0 Å². The molecule has 2 aromatic rings. The molecule has 0 aliphatic carbocycles. The summed E-state index contributed by atoms with van der Waals surface area (Å²) in [4.78, 5) is 30.1. The Morgan fingerprint density at radius 1 is 1.29 bits per heavy atom. The van der Waals surface area contributed by atoms with Gasteiger partial charge in [-0.05, 0) is 35.7 Å². The monoisotopic (exact) mass is 323 g/mol. The van der Waals surface area contributed by atoms with Gasteiger partial charge in [0, 0.05) is 37.1 Å². The molecule has 1 N–H and O–H groups in total. The Kier molecular flexibility index (Phi) is 4.60. The van der Waals surface area contributed by atoms with Crippen LogP contribution in [0.1, 0.15) is 35.3 Å². The van der Waals surface area contributed by atoms with Crippen LogP contribution in [-0.2, 0) is 17.8 Å². The number of hydrogen-bond acceptors (Lipinski definition) is 3. The minimum atomic E-state index is -0.139. The van der Waals surface area contributed by atoms with Gasteiger partial charge < -0.3 is 10.2 Å². The van der Waals surface area contributed by atoms with Crippen LogP contribution in [0.4, 0.5) is 5.69 Å². The minimum Gasteiger partial charge on any atom is -0.348 e. The Balaban J connectivity index is 1.67. The molecule has 1 aliphatic heterocycles. The Morgan fingerprint density at radius 3 is 2.83 bits per heavy atom. The molecular formula is C19H21N3O2. The normalized spacial score (nSPS) is 13.0. The van der Waals surface area contributed by atoms with Gasteiger partial charge in [0.1, 0.15) is 0 Å². The first-order valence-electron chi connectivity index (χ1n) is 8.17. The highest BCUT2D eigenvalue weighted by atomic mass is 16.2. The lowest BCUT2D eigenvalue weighted by molar-refractivity contribution is -0.121. The van der Waals surface area contributed by atoms with Gasteiger partial charge >= 0.3 is 0 Å². The second-order valence-electron chi connectivity index (χ2n) is 6.28. The number of anilines is 1. The van der Waals surface area contributed by atoms with Crippen LogP contribution >= 0.6 is 0 Å². The molecule has 0 atom stereocenters. The molecule has 0 bridgehead atoms. The van der Waals surface area contributed by atoms with Crippen molar-refractivity contribution in [3.8, 4) is 0 Å². The van der Waals surface area contributed by atoms with Crippen LogP contribution in [0, 0.1) is 5.92 Å². The van der Waals surface area contributed by atoms with E-state index in [1.54, 1.807) is 24.5 Å². The molecule has 0 radical (unpaired) electrons. The Bertz CT molecular complexity index is 756. The van der Waals surface area contributed by atoms with E-state index < -0.39 is 0 Å². The number of carbonyl (C=O) groups is 2. The zero-order valence-electron chi connectivity index (χ0n) is 14.0. The Labute approximate surface area is 141 Å². The summed E-state index contributed by atoms with van der Waals surface area (Å²) in [6.07, 6.45) is 4.05. The summed E-state index contributed by atoms with van der Waals surface area (Å²) in [5, 5.41) is 2.90. The molecule has 2 heterocycles. The molecule has 1 aliphatic rings. The van der Waals surface area contributed by atoms with Crippen molar-refractivity contribution in [3.63, 3.8) is 0 Å². The summed E-state index contributed by atoms with van der Waals surface area (Å²) in [5.41, 5.74) is 3.74. The maximum atomic E-state index is 12.2. The second kappa shape index (κ2) is 6.83.